The Kier molecular flexibility index (Phi) is 3.03. The fraction of sp³-hybridized carbons (Fsp3) is 0.118. The molecule has 0 fully saturated rings. The van der Waals surface area contributed by atoms with Crippen LogP contribution >= 0.6 is 0 Å². The number of carbonyl (C=O) groups is 2. The fourth-order valence-corrected chi connectivity index (χ4v) is 2.58. The van der Waals surface area contributed by atoms with Crippen LogP contribution in [-0.4, -0.2) is 16.7 Å². The summed E-state index contributed by atoms with van der Waals surface area (Å²) in [5, 5.41) is 9.00. The largest absolute Gasteiger partial charge is 0.270 e. The Morgan fingerprint density at radius 1 is 1.05 bits per heavy atom. The van der Waals surface area contributed by atoms with Gasteiger partial charge in [0.15, 0.2) is 0 Å². The van der Waals surface area contributed by atoms with Crippen molar-refractivity contribution >= 4 is 11.8 Å². The maximum absolute atomic E-state index is 12.3. The molecule has 0 unspecified atom stereocenters. The number of rotatable bonds is 2. The molecule has 0 atom stereocenters. The first kappa shape index (κ1) is 13.1. The summed E-state index contributed by atoms with van der Waals surface area (Å²) in [6.45, 7) is 2.06. The first-order valence-electron chi connectivity index (χ1n) is 6.56. The summed E-state index contributed by atoms with van der Waals surface area (Å²) in [6.07, 6.45) is 0. The molecule has 102 valence electrons. The number of imide groups is 1. The molecule has 2 aromatic rings. The van der Waals surface area contributed by atoms with Crippen molar-refractivity contribution in [2.75, 3.05) is 0 Å². The Labute approximate surface area is 122 Å². The maximum Gasteiger partial charge on any atom is 0.261 e. The Morgan fingerprint density at radius 3 is 2.24 bits per heavy atom. The highest BCUT2D eigenvalue weighted by molar-refractivity contribution is 6.21. The van der Waals surface area contributed by atoms with Crippen LogP contribution < -0.4 is 0 Å². The van der Waals surface area contributed by atoms with E-state index in [0.717, 1.165) is 11.1 Å². The van der Waals surface area contributed by atoms with E-state index in [1.807, 2.05) is 13.0 Å². The van der Waals surface area contributed by atoms with E-state index in [0.29, 0.717) is 16.7 Å². The second-order valence-corrected chi connectivity index (χ2v) is 5.06. The molecular formula is C17H12N2O2. The van der Waals surface area contributed by atoms with Crippen LogP contribution in [-0.2, 0) is 6.54 Å². The predicted octanol–water partition coefficient (Wildman–Crippen LogP) is 2.66. The van der Waals surface area contributed by atoms with Crippen LogP contribution in [0.3, 0.4) is 0 Å². The Bertz CT molecular complexity index is 768. The molecule has 0 aromatic heterocycles. The number of nitriles is 1. The standard InChI is InChI=1S/C17H12N2O2/c1-11-6-12(9-18)8-13(7-11)10-19-16(20)14-4-2-3-5-15(14)17(19)21/h2-8H,10H2,1H3. The minimum atomic E-state index is -0.282. The zero-order valence-electron chi connectivity index (χ0n) is 11.5. The molecule has 1 heterocycles. The quantitative estimate of drug-likeness (QED) is 0.792. The average Bonchev–Trinajstić information content (AvgIpc) is 2.72. The van der Waals surface area contributed by atoms with Gasteiger partial charge < -0.3 is 0 Å². The lowest BCUT2D eigenvalue weighted by Gasteiger charge is -2.14. The molecule has 2 aromatic carbocycles. The number of fused-ring (bicyclic) bond motifs is 1. The molecule has 0 spiro atoms. The summed E-state index contributed by atoms with van der Waals surface area (Å²) in [6, 6.07) is 14.2. The predicted molar refractivity (Wildman–Crippen MR) is 76.5 cm³/mol. The number of amides is 2. The van der Waals surface area contributed by atoms with E-state index >= 15 is 0 Å². The van der Waals surface area contributed by atoms with Gasteiger partial charge in [-0.05, 0) is 42.3 Å². The van der Waals surface area contributed by atoms with E-state index in [2.05, 4.69) is 6.07 Å². The van der Waals surface area contributed by atoms with Crippen LogP contribution in [0.4, 0.5) is 0 Å². The fourth-order valence-electron chi connectivity index (χ4n) is 2.58. The van der Waals surface area contributed by atoms with Gasteiger partial charge in [0.25, 0.3) is 11.8 Å². The van der Waals surface area contributed by atoms with Gasteiger partial charge in [-0.2, -0.15) is 5.26 Å². The van der Waals surface area contributed by atoms with Crippen molar-refractivity contribution in [1.29, 1.82) is 5.26 Å². The van der Waals surface area contributed by atoms with Gasteiger partial charge in [0.1, 0.15) is 0 Å². The lowest BCUT2D eigenvalue weighted by molar-refractivity contribution is 0.0642. The van der Waals surface area contributed by atoms with E-state index in [4.69, 9.17) is 5.26 Å². The van der Waals surface area contributed by atoms with E-state index in [-0.39, 0.29) is 18.4 Å². The average molecular weight is 276 g/mol. The molecule has 0 saturated carbocycles. The van der Waals surface area contributed by atoms with E-state index in [1.54, 1.807) is 36.4 Å². The highest BCUT2D eigenvalue weighted by atomic mass is 16.2. The highest BCUT2D eigenvalue weighted by Crippen LogP contribution is 2.24. The van der Waals surface area contributed by atoms with Crippen molar-refractivity contribution in [3.05, 3.63) is 70.3 Å². The molecule has 0 bridgehead atoms. The molecule has 2 amide bonds. The number of nitrogens with zero attached hydrogens (tertiary/aromatic N) is 2. The van der Waals surface area contributed by atoms with Crippen molar-refractivity contribution in [2.45, 2.75) is 13.5 Å². The highest BCUT2D eigenvalue weighted by Gasteiger charge is 2.34. The third-order valence-corrected chi connectivity index (χ3v) is 3.49. The molecule has 0 radical (unpaired) electrons. The number of hydrogen-bond donors (Lipinski definition) is 0. The summed E-state index contributed by atoms with van der Waals surface area (Å²) in [7, 11) is 0. The molecule has 4 heteroatoms. The summed E-state index contributed by atoms with van der Waals surface area (Å²) in [5.74, 6) is -0.564. The minimum Gasteiger partial charge on any atom is -0.270 e. The van der Waals surface area contributed by atoms with Gasteiger partial charge >= 0.3 is 0 Å². The van der Waals surface area contributed by atoms with Crippen LogP contribution in [0.1, 0.15) is 37.4 Å². The maximum atomic E-state index is 12.3. The summed E-state index contributed by atoms with van der Waals surface area (Å²) in [4.78, 5) is 25.8. The molecule has 0 saturated heterocycles. The van der Waals surface area contributed by atoms with Crippen molar-refractivity contribution in [3.8, 4) is 6.07 Å². The first-order valence-corrected chi connectivity index (χ1v) is 6.56. The van der Waals surface area contributed by atoms with Gasteiger partial charge in [0, 0.05) is 0 Å². The number of aryl methyl sites for hydroxylation is 1. The Hall–Kier alpha value is -2.93. The normalized spacial score (nSPS) is 13.2. The van der Waals surface area contributed by atoms with E-state index in [1.165, 1.54) is 4.90 Å². The molecule has 1 aliphatic heterocycles. The van der Waals surface area contributed by atoms with Gasteiger partial charge in [-0.15, -0.1) is 0 Å². The summed E-state index contributed by atoms with van der Waals surface area (Å²) < 4.78 is 0. The van der Waals surface area contributed by atoms with Gasteiger partial charge in [-0.3, -0.25) is 14.5 Å². The zero-order valence-corrected chi connectivity index (χ0v) is 11.5. The van der Waals surface area contributed by atoms with Gasteiger partial charge in [0.2, 0.25) is 0 Å². The Balaban J connectivity index is 1.94. The van der Waals surface area contributed by atoms with Gasteiger partial charge in [-0.25, -0.2) is 0 Å². The van der Waals surface area contributed by atoms with Crippen molar-refractivity contribution in [2.24, 2.45) is 0 Å². The van der Waals surface area contributed by atoms with Crippen molar-refractivity contribution < 1.29 is 9.59 Å². The third-order valence-electron chi connectivity index (χ3n) is 3.49. The Morgan fingerprint density at radius 2 is 1.67 bits per heavy atom. The lowest BCUT2D eigenvalue weighted by Crippen LogP contribution is -2.29. The molecule has 21 heavy (non-hydrogen) atoms. The number of hydrogen-bond acceptors (Lipinski definition) is 3. The summed E-state index contributed by atoms with van der Waals surface area (Å²) >= 11 is 0. The molecule has 0 aliphatic carbocycles. The molecular weight excluding hydrogens is 264 g/mol. The second-order valence-electron chi connectivity index (χ2n) is 5.06. The number of benzene rings is 2. The van der Waals surface area contributed by atoms with Crippen LogP contribution in [0.15, 0.2) is 42.5 Å². The van der Waals surface area contributed by atoms with Crippen molar-refractivity contribution in [1.82, 2.24) is 4.90 Å². The monoisotopic (exact) mass is 276 g/mol. The van der Waals surface area contributed by atoms with Crippen LogP contribution in [0.2, 0.25) is 0 Å². The lowest BCUT2D eigenvalue weighted by atomic mass is 10.1. The first-order chi connectivity index (χ1) is 10.1. The van der Waals surface area contributed by atoms with Gasteiger partial charge in [-0.1, -0.05) is 18.2 Å². The summed E-state index contributed by atoms with van der Waals surface area (Å²) in [5.41, 5.74) is 3.12. The third kappa shape index (κ3) is 2.19. The number of carbonyl (C=O) groups excluding carboxylic acids is 2. The SMILES string of the molecule is Cc1cc(C#N)cc(CN2C(=O)c3ccccc3C2=O)c1. The van der Waals surface area contributed by atoms with Crippen molar-refractivity contribution in [3.63, 3.8) is 0 Å². The van der Waals surface area contributed by atoms with Crippen LogP contribution in [0.5, 0.6) is 0 Å². The van der Waals surface area contributed by atoms with E-state index < -0.39 is 0 Å². The van der Waals surface area contributed by atoms with E-state index in [9.17, 15) is 9.59 Å². The molecule has 1 aliphatic rings. The van der Waals surface area contributed by atoms with Crippen LogP contribution in [0.25, 0.3) is 0 Å². The second kappa shape index (κ2) is 4.88. The zero-order chi connectivity index (χ0) is 15.0. The van der Waals surface area contributed by atoms with Crippen LogP contribution in [0, 0.1) is 18.3 Å². The minimum absolute atomic E-state index is 0.183. The van der Waals surface area contributed by atoms with Gasteiger partial charge in [0.05, 0.1) is 29.3 Å². The molecule has 4 nitrogen and oxygen atoms in total. The smallest absolute Gasteiger partial charge is 0.261 e. The molecule has 3 rings (SSSR count). The topological polar surface area (TPSA) is 61.2 Å². The molecule has 0 N–H and O–H groups in total.